The fourth-order valence-electron chi connectivity index (χ4n) is 9.50. The Balaban J connectivity index is 4.01. The second-order valence-corrected chi connectivity index (χ2v) is 24.2. The van der Waals surface area contributed by atoms with E-state index in [1.165, 1.54) is 257 Å². The van der Waals surface area contributed by atoms with E-state index in [-0.39, 0.29) is 19.1 Å². The summed E-state index contributed by atoms with van der Waals surface area (Å²) in [5.74, 6) is -0.192. The van der Waals surface area contributed by atoms with Crippen LogP contribution >= 0.6 is 7.82 Å². The van der Waals surface area contributed by atoms with Gasteiger partial charge in [-0.2, -0.15) is 0 Å². The van der Waals surface area contributed by atoms with Crippen LogP contribution in [0.4, 0.5) is 0 Å². The molecule has 8 nitrogen and oxygen atoms in total. The van der Waals surface area contributed by atoms with Crippen LogP contribution < -0.4 is 10.2 Å². The van der Waals surface area contributed by atoms with E-state index >= 15 is 0 Å². The number of hydrogen-bond donors (Lipinski definition) is 2. The van der Waals surface area contributed by atoms with Crippen LogP contribution in [0.1, 0.15) is 316 Å². The molecule has 0 heterocycles. The molecular formula is C62H123N2O6P. The van der Waals surface area contributed by atoms with Crippen molar-refractivity contribution in [3.8, 4) is 0 Å². The van der Waals surface area contributed by atoms with Gasteiger partial charge in [-0.1, -0.05) is 289 Å². The molecule has 0 aromatic rings. The zero-order chi connectivity index (χ0) is 52.0. The number of phosphoric ester groups is 1. The molecule has 0 fully saturated rings. The molecule has 0 aromatic heterocycles. The van der Waals surface area contributed by atoms with E-state index in [2.05, 4.69) is 31.3 Å². The van der Waals surface area contributed by atoms with Gasteiger partial charge in [0.05, 0.1) is 39.9 Å². The Hall–Kier alpha value is -1.02. The maximum Gasteiger partial charge on any atom is 0.268 e. The molecule has 2 N–H and O–H groups in total. The number of unbranched alkanes of at least 4 members (excludes halogenated alkanes) is 43. The van der Waals surface area contributed by atoms with E-state index in [1.54, 1.807) is 6.08 Å². The average molecular weight is 1020 g/mol. The first kappa shape index (κ1) is 70.0. The molecule has 3 unspecified atom stereocenters. The Bertz CT molecular complexity index is 1210. The van der Waals surface area contributed by atoms with Crippen LogP contribution in [0.2, 0.25) is 0 Å². The van der Waals surface area contributed by atoms with Crippen LogP contribution in [0.25, 0.3) is 0 Å². The van der Waals surface area contributed by atoms with Crippen LogP contribution in [0.15, 0.2) is 24.3 Å². The van der Waals surface area contributed by atoms with Gasteiger partial charge in [0, 0.05) is 6.42 Å². The first-order chi connectivity index (χ1) is 34.5. The number of carbonyl (C=O) groups is 1. The summed E-state index contributed by atoms with van der Waals surface area (Å²) in [5.41, 5.74) is 0. The summed E-state index contributed by atoms with van der Waals surface area (Å²) in [6.45, 7) is 4.69. The van der Waals surface area contributed by atoms with Gasteiger partial charge >= 0.3 is 0 Å². The second-order valence-electron chi connectivity index (χ2n) is 22.8. The predicted octanol–water partition coefficient (Wildman–Crippen LogP) is 18.5. The van der Waals surface area contributed by atoms with Crippen molar-refractivity contribution in [1.82, 2.24) is 5.32 Å². The second kappa shape index (κ2) is 53.8. The van der Waals surface area contributed by atoms with Gasteiger partial charge in [0.1, 0.15) is 13.2 Å². The van der Waals surface area contributed by atoms with Crippen LogP contribution in [0, 0.1) is 0 Å². The van der Waals surface area contributed by atoms with E-state index in [4.69, 9.17) is 9.05 Å². The molecule has 0 aliphatic rings. The number of rotatable bonds is 58. The van der Waals surface area contributed by atoms with Crippen molar-refractivity contribution in [3.63, 3.8) is 0 Å². The smallest absolute Gasteiger partial charge is 0.268 e. The lowest BCUT2D eigenvalue weighted by atomic mass is 10.0. The summed E-state index contributed by atoms with van der Waals surface area (Å²) >= 11 is 0. The average Bonchev–Trinajstić information content (AvgIpc) is 3.33. The van der Waals surface area contributed by atoms with E-state index < -0.39 is 20.0 Å². The summed E-state index contributed by atoms with van der Waals surface area (Å²) in [6.07, 6.45) is 68.5. The van der Waals surface area contributed by atoms with E-state index in [9.17, 15) is 19.4 Å². The minimum Gasteiger partial charge on any atom is -0.756 e. The van der Waals surface area contributed by atoms with Crippen LogP contribution in [0.3, 0.4) is 0 Å². The molecule has 0 saturated carbocycles. The highest BCUT2D eigenvalue weighted by molar-refractivity contribution is 7.45. The van der Waals surface area contributed by atoms with E-state index in [0.29, 0.717) is 17.4 Å². The standard InChI is InChI=1S/C62H123N2O6P/c1-6-8-10-12-14-16-18-20-22-24-25-26-27-28-29-30-31-32-33-34-35-36-37-38-39-40-42-44-46-48-50-52-54-56-62(66)63-60(59-70-71(67,68)69-58-57-64(3,4)5)61(65)55-53-51-49-47-45-43-41-23-21-19-17-15-13-11-9-7-2/h28-29,53,55,60-61,65H,6-27,30-52,54,56-59H2,1-5H3,(H-,63,66,67,68)/b29-28-,55-53+. The van der Waals surface area contributed by atoms with Crippen molar-refractivity contribution >= 4 is 13.7 Å². The Labute approximate surface area is 443 Å². The molecule has 9 heteroatoms. The third-order valence-electron chi connectivity index (χ3n) is 14.4. The lowest BCUT2D eigenvalue weighted by Gasteiger charge is -2.29. The van der Waals surface area contributed by atoms with Crippen LogP contribution in [0.5, 0.6) is 0 Å². The number of aliphatic hydroxyl groups excluding tert-OH is 1. The minimum atomic E-state index is -4.59. The van der Waals surface area contributed by atoms with Gasteiger partial charge in [0.15, 0.2) is 0 Å². The number of allylic oxidation sites excluding steroid dienone is 3. The molecule has 0 aliphatic carbocycles. The van der Waals surface area contributed by atoms with Crippen molar-refractivity contribution in [1.29, 1.82) is 0 Å². The van der Waals surface area contributed by atoms with Crippen molar-refractivity contribution in [2.75, 3.05) is 40.9 Å². The minimum absolute atomic E-state index is 0.00143. The maximum atomic E-state index is 13.0. The molecule has 422 valence electrons. The molecule has 0 bridgehead atoms. The van der Waals surface area contributed by atoms with Gasteiger partial charge in [0.2, 0.25) is 5.91 Å². The van der Waals surface area contributed by atoms with Crippen LogP contribution in [-0.2, 0) is 18.4 Å². The lowest BCUT2D eigenvalue weighted by molar-refractivity contribution is -0.870. The van der Waals surface area contributed by atoms with Gasteiger partial charge in [0.25, 0.3) is 7.82 Å². The third kappa shape index (κ3) is 56.5. The van der Waals surface area contributed by atoms with E-state index in [0.717, 1.165) is 38.5 Å². The quantitative estimate of drug-likeness (QED) is 0.0272. The fourth-order valence-corrected chi connectivity index (χ4v) is 10.2. The number of phosphoric acid groups is 1. The number of quaternary nitrogens is 1. The zero-order valence-corrected chi connectivity index (χ0v) is 49.1. The number of carbonyl (C=O) groups excluding carboxylic acids is 1. The first-order valence-corrected chi connectivity index (χ1v) is 32.7. The Kier molecular flexibility index (Phi) is 53.0. The molecule has 0 aromatic carbocycles. The zero-order valence-electron chi connectivity index (χ0n) is 48.2. The Morgan fingerprint density at radius 2 is 0.775 bits per heavy atom. The molecule has 0 rings (SSSR count). The summed E-state index contributed by atoms with van der Waals surface area (Å²) in [6, 6.07) is -0.884. The van der Waals surface area contributed by atoms with Crippen molar-refractivity contribution in [2.45, 2.75) is 328 Å². The number of nitrogens with zero attached hydrogens (tertiary/aromatic N) is 1. The van der Waals surface area contributed by atoms with Crippen molar-refractivity contribution in [3.05, 3.63) is 24.3 Å². The molecule has 71 heavy (non-hydrogen) atoms. The fraction of sp³-hybridized carbons (Fsp3) is 0.919. The van der Waals surface area contributed by atoms with Gasteiger partial charge in [-0.25, -0.2) is 0 Å². The number of hydrogen-bond acceptors (Lipinski definition) is 6. The Morgan fingerprint density at radius 1 is 0.479 bits per heavy atom. The number of amides is 1. The van der Waals surface area contributed by atoms with Crippen molar-refractivity contribution in [2.24, 2.45) is 0 Å². The molecular weight excluding hydrogens is 900 g/mol. The maximum absolute atomic E-state index is 13.0. The monoisotopic (exact) mass is 1020 g/mol. The molecule has 0 spiro atoms. The third-order valence-corrected chi connectivity index (χ3v) is 15.4. The largest absolute Gasteiger partial charge is 0.756 e. The summed E-state index contributed by atoms with van der Waals surface area (Å²) in [4.78, 5) is 25.5. The summed E-state index contributed by atoms with van der Waals surface area (Å²) < 4.78 is 23.4. The highest BCUT2D eigenvalue weighted by Crippen LogP contribution is 2.38. The van der Waals surface area contributed by atoms with Gasteiger partial charge in [-0.15, -0.1) is 0 Å². The lowest BCUT2D eigenvalue weighted by Crippen LogP contribution is -2.45. The van der Waals surface area contributed by atoms with Crippen LogP contribution in [-0.4, -0.2) is 68.5 Å². The SMILES string of the molecule is CCCCCCCCCCCCCC/C=C\CCCCCCCCCCCCCCCCCCCC(=O)NC(COP(=O)([O-])OCC[N+](C)(C)C)C(O)/C=C/CCCCCCCCCCCCCCCC. The van der Waals surface area contributed by atoms with E-state index in [1.807, 2.05) is 27.2 Å². The summed E-state index contributed by atoms with van der Waals surface area (Å²) in [7, 11) is 1.28. The number of likely N-dealkylation sites (N-methyl/N-ethyl adjacent to an activating group) is 1. The highest BCUT2D eigenvalue weighted by atomic mass is 31.2. The van der Waals surface area contributed by atoms with Gasteiger partial charge in [-0.3, -0.25) is 9.36 Å². The van der Waals surface area contributed by atoms with Gasteiger partial charge in [-0.05, 0) is 44.9 Å². The summed E-state index contributed by atoms with van der Waals surface area (Å²) in [5, 5.41) is 13.9. The predicted molar refractivity (Wildman–Crippen MR) is 307 cm³/mol. The Morgan fingerprint density at radius 3 is 1.10 bits per heavy atom. The number of aliphatic hydroxyl groups is 1. The molecule has 1 amide bonds. The normalized spacial score (nSPS) is 14.0. The molecule has 0 saturated heterocycles. The number of nitrogens with one attached hydrogen (secondary N) is 1. The van der Waals surface area contributed by atoms with Crippen molar-refractivity contribution < 1.29 is 32.9 Å². The molecule has 0 aliphatic heterocycles. The highest BCUT2D eigenvalue weighted by Gasteiger charge is 2.23. The molecule has 3 atom stereocenters. The molecule has 0 radical (unpaired) electrons. The van der Waals surface area contributed by atoms with Gasteiger partial charge < -0.3 is 28.8 Å². The first-order valence-electron chi connectivity index (χ1n) is 31.2. The topological polar surface area (TPSA) is 108 Å².